The molecule has 1 saturated heterocycles. The summed E-state index contributed by atoms with van der Waals surface area (Å²) in [5.41, 5.74) is 11.2. The van der Waals surface area contributed by atoms with Crippen LogP contribution < -0.4 is 25.4 Å². The zero-order valence-electron chi connectivity index (χ0n) is 19.7. The molecule has 0 radical (unpaired) electrons. The Balaban J connectivity index is 1.67. The molecule has 1 aliphatic rings. The average molecular weight is 482 g/mol. The molecule has 0 bridgehead atoms. The molecule has 0 unspecified atom stereocenters. The Morgan fingerprint density at radius 1 is 1.03 bits per heavy atom. The van der Waals surface area contributed by atoms with Crippen molar-refractivity contribution in [2.75, 3.05) is 48.6 Å². The van der Waals surface area contributed by atoms with E-state index >= 15 is 0 Å². The maximum absolute atomic E-state index is 12.4. The number of pyridine rings is 1. The predicted molar refractivity (Wildman–Crippen MR) is 139 cm³/mol. The lowest BCUT2D eigenvalue weighted by atomic mass is 10.00. The van der Waals surface area contributed by atoms with E-state index in [1.165, 1.54) is 12.8 Å². The number of nitrogens with one attached hydrogen (secondary N) is 2. The highest BCUT2D eigenvalue weighted by atomic mass is 32.2. The lowest BCUT2D eigenvalue weighted by Gasteiger charge is -2.29. The van der Waals surface area contributed by atoms with Gasteiger partial charge in [-0.05, 0) is 55.3 Å². The summed E-state index contributed by atoms with van der Waals surface area (Å²) in [5.74, 6) is 0.872. The summed E-state index contributed by atoms with van der Waals surface area (Å²) in [6.45, 7) is 7.22. The first-order valence-electron chi connectivity index (χ1n) is 11.3. The Morgan fingerprint density at radius 2 is 1.74 bits per heavy atom. The second-order valence-electron chi connectivity index (χ2n) is 8.59. The molecule has 180 valence electrons. The van der Waals surface area contributed by atoms with Crippen molar-refractivity contribution in [3.63, 3.8) is 0 Å². The van der Waals surface area contributed by atoms with E-state index in [2.05, 4.69) is 44.2 Å². The molecular weight excluding hydrogens is 450 g/mol. The summed E-state index contributed by atoms with van der Waals surface area (Å²) in [4.78, 5) is 6.78. The number of aromatic nitrogens is 1. The molecule has 8 nitrogen and oxygen atoms in total. The molecule has 0 aliphatic carbocycles. The van der Waals surface area contributed by atoms with Crippen molar-refractivity contribution in [3.05, 3.63) is 54.7 Å². The van der Waals surface area contributed by atoms with Crippen molar-refractivity contribution in [2.45, 2.75) is 19.1 Å². The van der Waals surface area contributed by atoms with Crippen molar-refractivity contribution in [1.29, 1.82) is 0 Å². The van der Waals surface area contributed by atoms with Gasteiger partial charge in [-0.15, -0.1) is 0 Å². The van der Waals surface area contributed by atoms with Crippen molar-refractivity contribution < 1.29 is 13.2 Å². The first-order valence-corrected chi connectivity index (χ1v) is 12.8. The molecule has 4 N–H and O–H groups in total. The number of rotatable bonds is 7. The van der Waals surface area contributed by atoms with E-state index in [4.69, 9.17) is 10.5 Å². The fourth-order valence-corrected chi connectivity index (χ4v) is 4.55. The number of nitrogens with two attached hydrogens (primary N) is 1. The van der Waals surface area contributed by atoms with Crippen LogP contribution in [0.3, 0.4) is 0 Å². The third-order valence-electron chi connectivity index (χ3n) is 5.94. The molecule has 0 amide bonds. The molecule has 0 spiro atoms. The van der Waals surface area contributed by atoms with Gasteiger partial charge < -0.3 is 20.7 Å². The van der Waals surface area contributed by atoms with Crippen LogP contribution in [0.2, 0.25) is 0 Å². The monoisotopic (exact) mass is 481 g/mol. The molecule has 4 rings (SSSR count). The normalized spacial score (nSPS) is 14.3. The maximum Gasteiger partial charge on any atom is 0.235 e. The Bertz CT molecular complexity index is 1250. The number of methoxy groups -OCH3 is 1. The van der Waals surface area contributed by atoms with E-state index in [1.54, 1.807) is 32.2 Å². The second-order valence-corrected chi connectivity index (χ2v) is 10.8. The van der Waals surface area contributed by atoms with Crippen molar-refractivity contribution in [2.24, 2.45) is 0 Å². The minimum atomic E-state index is -3.51. The van der Waals surface area contributed by atoms with Gasteiger partial charge in [0.1, 0.15) is 11.6 Å². The predicted octanol–water partition coefficient (Wildman–Crippen LogP) is 3.57. The van der Waals surface area contributed by atoms with Crippen molar-refractivity contribution >= 4 is 27.2 Å². The zero-order valence-corrected chi connectivity index (χ0v) is 20.5. The van der Waals surface area contributed by atoms with Crippen LogP contribution in [0, 0.1) is 0 Å². The van der Waals surface area contributed by atoms with E-state index < -0.39 is 15.3 Å². The van der Waals surface area contributed by atoms with E-state index in [0.717, 1.165) is 37.3 Å². The number of piperazine rings is 1. The average Bonchev–Trinajstić information content (AvgIpc) is 2.84. The SMILES string of the molecule is COc1cc(NS(=O)(=O)C(C)C)cc(-c2cc(-c3ccc(N4CCNCC4)cc3)cnc2N)c1. The van der Waals surface area contributed by atoms with Crippen LogP contribution in [0.5, 0.6) is 5.75 Å². The van der Waals surface area contributed by atoms with Gasteiger partial charge in [-0.2, -0.15) is 0 Å². The second kappa shape index (κ2) is 9.90. The quantitative estimate of drug-likeness (QED) is 0.473. The number of ether oxygens (including phenoxy) is 1. The van der Waals surface area contributed by atoms with Crippen LogP contribution in [0.4, 0.5) is 17.2 Å². The fourth-order valence-electron chi connectivity index (χ4n) is 3.87. The molecule has 9 heteroatoms. The highest BCUT2D eigenvalue weighted by molar-refractivity contribution is 7.93. The van der Waals surface area contributed by atoms with Crippen LogP contribution in [0.1, 0.15) is 13.8 Å². The van der Waals surface area contributed by atoms with Gasteiger partial charge in [0, 0.05) is 55.3 Å². The molecule has 2 heterocycles. The summed E-state index contributed by atoms with van der Waals surface area (Å²) < 4.78 is 32.8. The molecule has 0 atom stereocenters. The minimum Gasteiger partial charge on any atom is -0.497 e. The molecule has 34 heavy (non-hydrogen) atoms. The summed E-state index contributed by atoms with van der Waals surface area (Å²) in [6.07, 6.45) is 1.75. The van der Waals surface area contributed by atoms with Gasteiger partial charge >= 0.3 is 0 Å². The summed E-state index contributed by atoms with van der Waals surface area (Å²) in [6, 6.07) is 15.6. The van der Waals surface area contributed by atoms with Crippen molar-refractivity contribution in [3.8, 4) is 28.0 Å². The van der Waals surface area contributed by atoms with Gasteiger partial charge in [-0.25, -0.2) is 13.4 Å². The molecule has 0 saturated carbocycles. The van der Waals surface area contributed by atoms with Gasteiger partial charge in [0.15, 0.2) is 0 Å². The first-order chi connectivity index (χ1) is 16.3. The Morgan fingerprint density at radius 3 is 2.38 bits per heavy atom. The summed E-state index contributed by atoms with van der Waals surface area (Å²) in [5, 5.41) is 2.80. The number of nitrogen functional groups attached to an aromatic ring is 1. The number of nitrogens with zero attached hydrogens (tertiary/aromatic N) is 2. The third-order valence-corrected chi connectivity index (χ3v) is 7.70. The van der Waals surface area contributed by atoms with E-state index in [0.29, 0.717) is 28.4 Å². The fraction of sp³-hybridized carbons (Fsp3) is 0.320. The van der Waals surface area contributed by atoms with Gasteiger partial charge in [0.2, 0.25) is 10.0 Å². The van der Waals surface area contributed by atoms with Crippen LogP contribution in [0.15, 0.2) is 54.7 Å². The molecule has 1 aliphatic heterocycles. The van der Waals surface area contributed by atoms with Crippen LogP contribution in [-0.4, -0.2) is 51.9 Å². The van der Waals surface area contributed by atoms with E-state index in [9.17, 15) is 8.42 Å². The Hall–Kier alpha value is -3.30. The van der Waals surface area contributed by atoms with Crippen LogP contribution in [-0.2, 0) is 10.0 Å². The zero-order chi connectivity index (χ0) is 24.3. The molecule has 3 aromatic rings. The summed E-state index contributed by atoms with van der Waals surface area (Å²) >= 11 is 0. The van der Waals surface area contributed by atoms with E-state index in [-0.39, 0.29) is 0 Å². The lowest BCUT2D eigenvalue weighted by molar-refractivity contribution is 0.415. The maximum atomic E-state index is 12.4. The molecule has 2 aromatic carbocycles. The molecule has 1 fully saturated rings. The number of hydrogen-bond donors (Lipinski definition) is 3. The lowest BCUT2D eigenvalue weighted by Crippen LogP contribution is -2.43. The standard InChI is InChI=1S/C25H31N5O3S/c1-17(2)34(31,32)29-21-12-19(13-23(15-21)33-3)24-14-20(16-28-25(24)26)18-4-6-22(7-5-18)30-10-8-27-9-11-30/h4-7,12-17,27,29H,8-11H2,1-3H3,(H2,26,28). The van der Waals surface area contributed by atoms with Crippen LogP contribution >= 0.6 is 0 Å². The highest BCUT2D eigenvalue weighted by Gasteiger charge is 2.18. The smallest absolute Gasteiger partial charge is 0.235 e. The largest absolute Gasteiger partial charge is 0.497 e. The van der Waals surface area contributed by atoms with Crippen molar-refractivity contribution in [1.82, 2.24) is 10.3 Å². The first kappa shape index (κ1) is 23.8. The Kier molecular flexibility index (Phi) is 6.95. The minimum absolute atomic E-state index is 0.354. The summed E-state index contributed by atoms with van der Waals surface area (Å²) in [7, 11) is -1.97. The molecular formula is C25H31N5O3S. The van der Waals surface area contributed by atoms with Gasteiger partial charge in [-0.1, -0.05) is 12.1 Å². The third kappa shape index (κ3) is 5.26. The number of hydrogen-bond acceptors (Lipinski definition) is 7. The molecule has 1 aromatic heterocycles. The Labute approximate surface area is 201 Å². The number of anilines is 3. The van der Waals surface area contributed by atoms with Gasteiger partial charge in [0.25, 0.3) is 0 Å². The van der Waals surface area contributed by atoms with E-state index in [1.807, 2.05) is 12.1 Å². The van der Waals surface area contributed by atoms with Gasteiger partial charge in [0.05, 0.1) is 18.0 Å². The van der Waals surface area contributed by atoms with Crippen LogP contribution in [0.25, 0.3) is 22.3 Å². The van der Waals surface area contributed by atoms with Gasteiger partial charge in [-0.3, -0.25) is 4.72 Å². The number of benzene rings is 2. The highest BCUT2D eigenvalue weighted by Crippen LogP contribution is 2.34. The topological polar surface area (TPSA) is 110 Å². The number of sulfonamides is 1.